The first-order valence-corrected chi connectivity index (χ1v) is 20.5. The van der Waals surface area contributed by atoms with Crippen LogP contribution in [0.1, 0.15) is 43.2 Å². The van der Waals surface area contributed by atoms with Crippen LogP contribution in [0.5, 0.6) is 0 Å². The van der Waals surface area contributed by atoms with Crippen LogP contribution in [0, 0.1) is 29.1 Å². The van der Waals surface area contributed by atoms with Crippen LogP contribution in [-0.4, -0.2) is 4.57 Å². The molecule has 0 aliphatic heterocycles. The third kappa shape index (κ3) is 3.85. The zero-order chi connectivity index (χ0) is 35.9. The highest BCUT2D eigenvalue weighted by Gasteiger charge is 2.76. The largest absolute Gasteiger partial charge is 0.310 e. The van der Waals surface area contributed by atoms with E-state index in [0.717, 1.165) is 23.7 Å². The van der Waals surface area contributed by atoms with Gasteiger partial charge in [-0.1, -0.05) is 121 Å². The van der Waals surface area contributed by atoms with Crippen LogP contribution in [0.25, 0.3) is 49.7 Å². The summed E-state index contributed by atoms with van der Waals surface area (Å²) in [5, 5.41) is 2.57. The molecule has 13 rings (SSSR count). The van der Waals surface area contributed by atoms with Crippen LogP contribution in [0.15, 0.2) is 170 Å². The van der Waals surface area contributed by atoms with Crippen molar-refractivity contribution in [2.45, 2.75) is 37.5 Å². The Labute approximate surface area is 322 Å². The minimum absolute atomic E-state index is 0.114. The van der Waals surface area contributed by atoms with Crippen molar-refractivity contribution in [2.75, 3.05) is 4.90 Å². The van der Waals surface area contributed by atoms with E-state index in [1.807, 2.05) is 0 Å². The number of benzene rings is 7. The molecule has 7 aromatic carbocycles. The molecule has 0 amide bonds. The summed E-state index contributed by atoms with van der Waals surface area (Å²) in [7, 11) is 0. The maximum atomic E-state index is 2.66. The number of hydrogen-bond acceptors (Lipinski definition) is 1. The van der Waals surface area contributed by atoms with Crippen LogP contribution in [0.2, 0.25) is 0 Å². The molecule has 1 heterocycles. The van der Waals surface area contributed by atoms with E-state index in [1.165, 1.54) is 98.9 Å². The lowest BCUT2D eigenvalue weighted by atomic mass is 9.49. The quantitative estimate of drug-likeness (QED) is 0.173. The highest BCUT2D eigenvalue weighted by Crippen LogP contribution is 2.83. The molecule has 264 valence electrons. The fraction of sp³-hybridized carbons (Fsp3) is 0.208. The normalized spacial score (nSPS) is 26.3. The lowest BCUT2D eigenvalue weighted by Gasteiger charge is -2.54. The zero-order valence-electron chi connectivity index (χ0n) is 30.9. The topological polar surface area (TPSA) is 8.17 Å². The van der Waals surface area contributed by atoms with Crippen molar-refractivity contribution >= 4 is 38.9 Å². The second kappa shape index (κ2) is 10.9. The van der Waals surface area contributed by atoms with Crippen molar-refractivity contribution in [3.05, 3.63) is 181 Å². The van der Waals surface area contributed by atoms with E-state index >= 15 is 0 Å². The van der Waals surface area contributed by atoms with E-state index in [1.54, 1.807) is 11.1 Å². The number of rotatable bonds is 5. The van der Waals surface area contributed by atoms with Crippen molar-refractivity contribution in [3.63, 3.8) is 0 Å². The second-order valence-corrected chi connectivity index (χ2v) is 17.4. The van der Waals surface area contributed by atoms with Crippen LogP contribution < -0.4 is 4.90 Å². The third-order valence-corrected chi connectivity index (χ3v) is 15.3. The Balaban J connectivity index is 1.05. The maximum absolute atomic E-state index is 2.66. The van der Waals surface area contributed by atoms with Gasteiger partial charge in [-0.2, -0.15) is 0 Å². The lowest BCUT2D eigenvalue weighted by molar-refractivity contribution is -0.0193. The van der Waals surface area contributed by atoms with E-state index in [2.05, 4.69) is 179 Å². The van der Waals surface area contributed by atoms with Gasteiger partial charge in [-0.3, -0.25) is 0 Å². The van der Waals surface area contributed by atoms with Crippen LogP contribution >= 0.6 is 0 Å². The summed E-state index contributed by atoms with van der Waals surface area (Å²) >= 11 is 0. The van der Waals surface area contributed by atoms with Gasteiger partial charge in [0.25, 0.3) is 0 Å². The molecule has 6 atom stereocenters. The molecule has 5 aliphatic carbocycles. The molecule has 2 nitrogen and oxygen atoms in total. The van der Waals surface area contributed by atoms with Gasteiger partial charge in [0.2, 0.25) is 0 Å². The SMILES string of the molecule is c1ccc(-c2ccccc2N(c2cccc(-n3c4ccccc4c4ccccc43)c2)c2ccc3c(c2)C2(c4ccccc4-3)C3CC4CC5CC2C5(C4)C3)cc1. The van der Waals surface area contributed by atoms with E-state index in [4.69, 9.17) is 0 Å². The van der Waals surface area contributed by atoms with Gasteiger partial charge < -0.3 is 9.47 Å². The fourth-order valence-corrected chi connectivity index (χ4v) is 13.5. The summed E-state index contributed by atoms with van der Waals surface area (Å²) < 4.78 is 2.45. The molecular weight excluding hydrogens is 665 g/mol. The lowest BCUT2D eigenvalue weighted by Crippen LogP contribution is -2.50. The Morgan fingerprint density at radius 2 is 1.16 bits per heavy atom. The maximum Gasteiger partial charge on any atom is 0.0541 e. The van der Waals surface area contributed by atoms with Gasteiger partial charge in [0, 0.05) is 38.8 Å². The molecule has 4 fully saturated rings. The molecule has 8 aromatic rings. The summed E-state index contributed by atoms with van der Waals surface area (Å²) in [4.78, 5) is 2.56. The average molecular weight is 707 g/mol. The van der Waals surface area contributed by atoms with Gasteiger partial charge in [-0.25, -0.2) is 0 Å². The second-order valence-electron chi connectivity index (χ2n) is 17.4. The van der Waals surface area contributed by atoms with Crippen molar-refractivity contribution in [1.29, 1.82) is 0 Å². The summed E-state index contributed by atoms with van der Waals surface area (Å²) in [6, 6.07) is 64.0. The number of fused-ring (bicyclic) bond motifs is 12. The van der Waals surface area contributed by atoms with Crippen molar-refractivity contribution in [2.24, 2.45) is 29.1 Å². The molecule has 0 N–H and O–H groups in total. The summed E-state index contributed by atoms with van der Waals surface area (Å²) in [5.74, 6) is 3.35. The van der Waals surface area contributed by atoms with Crippen LogP contribution in [0.3, 0.4) is 0 Å². The standard InChI is InChI=1S/C53H42N2/c1-2-13-35(14-3-1)41-17-5-9-22-48(41)54(38-15-12-16-39(30-38)55-49-23-10-6-19-44(49)45-20-7-11-24-50(45)55)40-25-26-43-42-18-4-8-21-46(42)53(47(43)31-40)37-28-34-27-36-29-51(53)52(36,32-34)33-37/h1-26,30-31,34,36-37,51H,27-29,32-33H2. The van der Waals surface area contributed by atoms with Gasteiger partial charge in [-0.15, -0.1) is 0 Å². The molecular formula is C53H42N2. The highest BCUT2D eigenvalue weighted by atomic mass is 15.1. The van der Waals surface area contributed by atoms with Crippen molar-refractivity contribution in [1.82, 2.24) is 4.57 Å². The summed E-state index contributed by atoms with van der Waals surface area (Å²) in [6.07, 6.45) is 7.20. The summed E-state index contributed by atoms with van der Waals surface area (Å²) in [6.45, 7) is 0. The fourth-order valence-electron chi connectivity index (χ4n) is 13.5. The van der Waals surface area contributed by atoms with Gasteiger partial charge in [-0.05, 0) is 138 Å². The Bertz CT molecular complexity index is 2810. The van der Waals surface area contributed by atoms with Crippen LogP contribution in [0.4, 0.5) is 17.1 Å². The Hall–Kier alpha value is -5.86. The molecule has 55 heavy (non-hydrogen) atoms. The molecule has 1 aromatic heterocycles. The molecule has 6 unspecified atom stereocenters. The van der Waals surface area contributed by atoms with Crippen LogP contribution in [-0.2, 0) is 5.41 Å². The molecule has 3 bridgehead atoms. The first-order chi connectivity index (χ1) is 27.2. The summed E-state index contributed by atoms with van der Waals surface area (Å²) in [5.41, 5.74) is 16.6. The molecule has 2 heteroatoms. The molecule has 0 saturated heterocycles. The monoisotopic (exact) mass is 706 g/mol. The van der Waals surface area contributed by atoms with E-state index in [-0.39, 0.29) is 5.41 Å². The Kier molecular flexibility index (Phi) is 6.03. The first kappa shape index (κ1) is 30.5. The zero-order valence-corrected chi connectivity index (χ0v) is 30.9. The van der Waals surface area contributed by atoms with E-state index in [9.17, 15) is 0 Å². The average Bonchev–Trinajstić information content (AvgIpc) is 3.84. The van der Waals surface area contributed by atoms with Gasteiger partial charge in [0.1, 0.15) is 0 Å². The smallest absolute Gasteiger partial charge is 0.0541 e. The molecule has 5 aliphatic rings. The van der Waals surface area contributed by atoms with E-state index in [0.29, 0.717) is 5.41 Å². The minimum atomic E-state index is 0.114. The van der Waals surface area contributed by atoms with Gasteiger partial charge >= 0.3 is 0 Å². The van der Waals surface area contributed by atoms with Gasteiger partial charge in [0.15, 0.2) is 0 Å². The highest BCUT2D eigenvalue weighted by molar-refractivity contribution is 6.09. The predicted octanol–water partition coefficient (Wildman–Crippen LogP) is 13.6. The Morgan fingerprint density at radius 1 is 0.491 bits per heavy atom. The number of nitrogens with zero attached hydrogens (tertiary/aromatic N) is 2. The molecule has 0 radical (unpaired) electrons. The molecule has 2 spiro atoms. The minimum Gasteiger partial charge on any atom is -0.310 e. The van der Waals surface area contributed by atoms with Crippen molar-refractivity contribution in [3.8, 4) is 27.9 Å². The van der Waals surface area contributed by atoms with E-state index < -0.39 is 0 Å². The molecule has 4 saturated carbocycles. The van der Waals surface area contributed by atoms with Gasteiger partial charge in [0.05, 0.1) is 16.7 Å². The number of para-hydroxylation sites is 3. The van der Waals surface area contributed by atoms with Crippen molar-refractivity contribution < 1.29 is 0 Å². The predicted molar refractivity (Wildman–Crippen MR) is 227 cm³/mol. The first-order valence-electron chi connectivity index (χ1n) is 20.5. The Morgan fingerprint density at radius 3 is 2.00 bits per heavy atom. The third-order valence-electron chi connectivity index (χ3n) is 15.3. The number of aromatic nitrogens is 1. The number of hydrogen-bond donors (Lipinski definition) is 0. The number of anilines is 3.